The summed E-state index contributed by atoms with van der Waals surface area (Å²) in [5.74, 6) is -0.113. The first-order valence-corrected chi connectivity index (χ1v) is 7.58. The fraction of sp³-hybridized carbons (Fsp3) is 0.538. The molecule has 6 nitrogen and oxygen atoms in total. The predicted octanol–water partition coefficient (Wildman–Crippen LogP) is 2.80. The van der Waals surface area contributed by atoms with Crippen LogP contribution in [0.1, 0.15) is 38.0 Å². The summed E-state index contributed by atoms with van der Waals surface area (Å²) < 4.78 is 5.29. The highest BCUT2D eigenvalue weighted by molar-refractivity contribution is 7.07. The molecular formula is C13H15N3O3S. The molecule has 0 radical (unpaired) electrons. The van der Waals surface area contributed by atoms with E-state index in [1.165, 1.54) is 11.3 Å². The topological polar surface area (TPSA) is 89.1 Å². The van der Waals surface area contributed by atoms with Crippen molar-refractivity contribution in [3.05, 3.63) is 16.8 Å². The standard InChI is InChI=1S/C13H15N3O3S/c1-2-7-3-8(9(4-7)13(17)18)12-15-11(16-19-12)10-5-20-6-14-10/h5-9H,2-4H2,1H3,(H,17,18). The Balaban J connectivity index is 1.86. The molecule has 1 fully saturated rings. The lowest BCUT2D eigenvalue weighted by Gasteiger charge is -2.09. The van der Waals surface area contributed by atoms with Gasteiger partial charge in [-0.1, -0.05) is 18.5 Å². The van der Waals surface area contributed by atoms with E-state index in [0.29, 0.717) is 29.7 Å². The minimum absolute atomic E-state index is 0.183. The number of carboxylic acid groups (broad SMARTS) is 1. The van der Waals surface area contributed by atoms with Crippen LogP contribution in [0.4, 0.5) is 0 Å². The molecule has 0 aromatic carbocycles. The summed E-state index contributed by atoms with van der Waals surface area (Å²) in [6, 6.07) is 0. The van der Waals surface area contributed by atoms with Gasteiger partial charge in [-0.3, -0.25) is 4.79 Å². The second-order valence-corrected chi connectivity index (χ2v) is 5.85. The van der Waals surface area contributed by atoms with E-state index in [4.69, 9.17) is 4.52 Å². The third-order valence-corrected chi connectivity index (χ3v) is 4.56. The van der Waals surface area contributed by atoms with Crippen LogP contribution >= 0.6 is 11.3 Å². The molecule has 0 amide bonds. The minimum Gasteiger partial charge on any atom is -0.481 e. The van der Waals surface area contributed by atoms with Gasteiger partial charge in [-0.05, 0) is 18.8 Å². The maximum atomic E-state index is 11.4. The molecule has 3 unspecified atom stereocenters. The third-order valence-electron chi connectivity index (χ3n) is 3.98. The highest BCUT2D eigenvalue weighted by Gasteiger charge is 2.42. The molecule has 2 heterocycles. The number of carbonyl (C=O) groups is 1. The van der Waals surface area contributed by atoms with Gasteiger partial charge in [0.15, 0.2) is 0 Å². The highest BCUT2D eigenvalue weighted by Crippen LogP contribution is 2.44. The maximum Gasteiger partial charge on any atom is 0.307 e. The van der Waals surface area contributed by atoms with E-state index in [2.05, 4.69) is 22.0 Å². The molecule has 1 saturated carbocycles. The van der Waals surface area contributed by atoms with Crippen molar-refractivity contribution in [1.29, 1.82) is 0 Å². The molecule has 2 aromatic rings. The number of rotatable bonds is 4. The van der Waals surface area contributed by atoms with Crippen LogP contribution < -0.4 is 0 Å². The number of carboxylic acids is 1. The van der Waals surface area contributed by atoms with Gasteiger partial charge in [0.25, 0.3) is 0 Å². The average Bonchev–Trinajstić information content (AvgIpc) is 3.17. The van der Waals surface area contributed by atoms with Crippen molar-refractivity contribution in [3.63, 3.8) is 0 Å². The quantitative estimate of drug-likeness (QED) is 0.932. The molecular weight excluding hydrogens is 278 g/mol. The van der Waals surface area contributed by atoms with E-state index in [0.717, 1.165) is 12.8 Å². The summed E-state index contributed by atoms with van der Waals surface area (Å²) in [5, 5.41) is 15.1. The number of nitrogens with zero attached hydrogens (tertiary/aromatic N) is 3. The molecule has 3 rings (SSSR count). The SMILES string of the molecule is CCC1CC(C(=O)O)C(c2nc(-c3cscn3)no2)C1. The van der Waals surface area contributed by atoms with Gasteiger partial charge in [0.05, 0.1) is 17.3 Å². The van der Waals surface area contributed by atoms with Crippen molar-refractivity contribution in [2.24, 2.45) is 11.8 Å². The molecule has 1 aliphatic rings. The van der Waals surface area contributed by atoms with Gasteiger partial charge in [-0.2, -0.15) is 4.98 Å². The number of aromatic nitrogens is 3. The van der Waals surface area contributed by atoms with Crippen molar-refractivity contribution in [3.8, 4) is 11.5 Å². The monoisotopic (exact) mass is 293 g/mol. The molecule has 3 atom stereocenters. The first-order chi connectivity index (χ1) is 9.69. The van der Waals surface area contributed by atoms with Gasteiger partial charge in [0.2, 0.25) is 11.7 Å². The molecule has 2 aromatic heterocycles. The first-order valence-electron chi connectivity index (χ1n) is 6.64. The van der Waals surface area contributed by atoms with Crippen molar-refractivity contribution in [2.45, 2.75) is 32.1 Å². The Hall–Kier alpha value is -1.76. The van der Waals surface area contributed by atoms with Crippen LogP contribution in [0.5, 0.6) is 0 Å². The molecule has 0 spiro atoms. The van der Waals surface area contributed by atoms with Crippen LogP contribution in [0.15, 0.2) is 15.4 Å². The summed E-state index contributed by atoms with van der Waals surface area (Å²) in [5.41, 5.74) is 2.37. The van der Waals surface area contributed by atoms with E-state index in [1.54, 1.807) is 5.51 Å². The summed E-state index contributed by atoms with van der Waals surface area (Å²) in [6.45, 7) is 2.08. The lowest BCUT2D eigenvalue weighted by molar-refractivity contribution is -0.142. The summed E-state index contributed by atoms with van der Waals surface area (Å²) in [4.78, 5) is 19.8. The Morgan fingerprint density at radius 1 is 1.55 bits per heavy atom. The Kier molecular flexibility index (Phi) is 3.52. The van der Waals surface area contributed by atoms with Crippen LogP contribution in [-0.2, 0) is 4.79 Å². The van der Waals surface area contributed by atoms with Crippen LogP contribution in [0.2, 0.25) is 0 Å². The molecule has 0 aliphatic heterocycles. The minimum atomic E-state index is -0.778. The van der Waals surface area contributed by atoms with Crippen molar-refractivity contribution < 1.29 is 14.4 Å². The number of aliphatic carboxylic acids is 1. The third kappa shape index (κ3) is 2.33. The van der Waals surface area contributed by atoms with E-state index in [-0.39, 0.29) is 5.92 Å². The Morgan fingerprint density at radius 3 is 3.05 bits per heavy atom. The maximum absolute atomic E-state index is 11.4. The summed E-state index contributed by atoms with van der Waals surface area (Å²) in [7, 11) is 0. The van der Waals surface area contributed by atoms with E-state index < -0.39 is 11.9 Å². The van der Waals surface area contributed by atoms with E-state index in [1.807, 2.05) is 5.38 Å². The second kappa shape index (κ2) is 5.32. The molecule has 1 aliphatic carbocycles. The lowest BCUT2D eigenvalue weighted by Crippen LogP contribution is -2.17. The second-order valence-electron chi connectivity index (χ2n) is 5.13. The zero-order valence-corrected chi connectivity index (χ0v) is 11.8. The summed E-state index contributed by atoms with van der Waals surface area (Å²) >= 11 is 1.46. The smallest absolute Gasteiger partial charge is 0.307 e. The lowest BCUT2D eigenvalue weighted by atomic mass is 9.96. The fourth-order valence-corrected chi connectivity index (χ4v) is 3.37. The molecule has 7 heteroatoms. The van der Waals surface area contributed by atoms with Gasteiger partial charge in [-0.15, -0.1) is 11.3 Å². The fourth-order valence-electron chi connectivity index (χ4n) is 2.83. The van der Waals surface area contributed by atoms with Crippen LogP contribution in [0.25, 0.3) is 11.5 Å². The van der Waals surface area contributed by atoms with Crippen molar-refractivity contribution in [2.75, 3.05) is 0 Å². The van der Waals surface area contributed by atoms with Gasteiger partial charge in [0, 0.05) is 5.38 Å². The Bertz CT molecular complexity index is 596. The van der Waals surface area contributed by atoms with Crippen LogP contribution in [0, 0.1) is 11.8 Å². The Labute approximate surface area is 119 Å². The van der Waals surface area contributed by atoms with Gasteiger partial charge in [0.1, 0.15) is 5.69 Å². The first kappa shape index (κ1) is 13.2. The summed E-state index contributed by atoms with van der Waals surface area (Å²) in [6.07, 6.45) is 2.46. The molecule has 0 saturated heterocycles. The van der Waals surface area contributed by atoms with Crippen molar-refractivity contribution in [1.82, 2.24) is 15.1 Å². The Morgan fingerprint density at radius 2 is 2.40 bits per heavy atom. The van der Waals surface area contributed by atoms with Crippen molar-refractivity contribution >= 4 is 17.3 Å². The van der Waals surface area contributed by atoms with Crippen LogP contribution in [-0.4, -0.2) is 26.2 Å². The predicted molar refractivity (Wildman–Crippen MR) is 72.3 cm³/mol. The number of hydrogen-bond donors (Lipinski definition) is 1. The molecule has 1 N–H and O–H groups in total. The van der Waals surface area contributed by atoms with Crippen LogP contribution in [0.3, 0.4) is 0 Å². The normalized spacial score (nSPS) is 25.9. The van der Waals surface area contributed by atoms with Gasteiger partial charge < -0.3 is 9.63 Å². The zero-order valence-electron chi connectivity index (χ0n) is 11.0. The number of hydrogen-bond acceptors (Lipinski definition) is 6. The largest absolute Gasteiger partial charge is 0.481 e. The van der Waals surface area contributed by atoms with E-state index >= 15 is 0 Å². The van der Waals surface area contributed by atoms with Gasteiger partial charge in [-0.25, -0.2) is 4.98 Å². The highest BCUT2D eigenvalue weighted by atomic mass is 32.1. The van der Waals surface area contributed by atoms with Gasteiger partial charge >= 0.3 is 5.97 Å². The molecule has 106 valence electrons. The molecule has 20 heavy (non-hydrogen) atoms. The zero-order chi connectivity index (χ0) is 14.1. The average molecular weight is 293 g/mol. The number of thiazole rings is 1. The van der Waals surface area contributed by atoms with E-state index in [9.17, 15) is 9.90 Å². The molecule has 0 bridgehead atoms.